The number of aliphatic hydroxyl groups is 1. The van der Waals surface area contributed by atoms with Gasteiger partial charge in [0.2, 0.25) is 0 Å². The summed E-state index contributed by atoms with van der Waals surface area (Å²) in [5, 5.41) is 11.5. The molecule has 13 heavy (non-hydrogen) atoms. The maximum absolute atomic E-state index is 8.71. The van der Waals surface area contributed by atoms with Gasteiger partial charge in [0.15, 0.2) is 0 Å². The molecule has 3 nitrogen and oxygen atoms in total. The summed E-state index contributed by atoms with van der Waals surface area (Å²) in [5.74, 6) is 0.770. The monoisotopic (exact) mass is 181 g/mol. The van der Waals surface area contributed by atoms with Gasteiger partial charge >= 0.3 is 0 Å². The van der Waals surface area contributed by atoms with Crippen LogP contribution in [0.2, 0.25) is 0 Å². The zero-order valence-corrected chi connectivity index (χ0v) is 7.95. The summed E-state index contributed by atoms with van der Waals surface area (Å²) in [6.07, 6.45) is 0.140. The molecule has 0 aliphatic heterocycles. The van der Waals surface area contributed by atoms with Gasteiger partial charge in [-0.1, -0.05) is 12.1 Å². The van der Waals surface area contributed by atoms with E-state index in [1.807, 2.05) is 38.1 Å². The van der Waals surface area contributed by atoms with Gasteiger partial charge in [-0.15, -0.1) is 0 Å². The number of benzene rings is 1. The van der Waals surface area contributed by atoms with E-state index in [4.69, 9.17) is 9.84 Å². The van der Waals surface area contributed by atoms with Crippen molar-refractivity contribution < 1.29 is 9.84 Å². The van der Waals surface area contributed by atoms with Gasteiger partial charge in [0.1, 0.15) is 12.5 Å². The minimum atomic E-state index is -0.0849. The lowest BCUT2D eigenvalue weighted by molar-refractivity contribution is 0.242. The van der Waals surface area contributed by atoms with Crippen molar-refractivity contribution in [3.8, 4) is 5.75 Å². The van der Waals surface area contributed by atoms with E-state index in [1.165, 1.54) is 0 Å². The fourth-order valence-corrected chi connectivity index (χ4v) is 1.05. The van der Waals surface area contributed by atoms with Crippen LogP contribution in [0.3, 0.4) is 0 Å². The number of para-hydroxylation sites is 2. The highest BCUT2D eigenvalue weighted by Gasteiger charge is 2.02. The fraction of sp³-hybridized carbons (Fsp3) is 0.400. The van der Waals surface area contributed by atoms with E-state index in [9.17, 15) is 0 Å². The summed E-state index contributed by atoms with van der Waals surface area (Å²) in [6.45, 7) is 3.85. The predicted octanol–water partition coefficient (Wildman–Crippen LogP) is 1.84. The quantitative estimate of drug-likeness (QED) is 0.696. The molecule has 0 aliphatic carbocycles. The number of hydrogen-bond donors (Lipinski definition) is 2. The average Bonchev–Trinajstić information content (AvgIpc) is 2.08. The lowest BCUT2D eigenvalue weighted by Crippen LogP contribution is -2.08. The smallest absolute Gasteiger partial charge is 0.142 e. The van der Waals surface area contributed by atoms with Crippen LogP contribution in [-0.4, -0.2) is 17.9 Å². The van der Waals surface area contributed by atoms with E-state index in [0.29, 0.717) is 0 Å². The molecular weight excluding hydrogens is 166 g/mol. The standard InChI is InChI=1S/C10H15NO2/c1-8(2)13-10-6-4-3-5-9(10)11-7-12/h3-6,8,11-12H,7H2,1-2H3. The molecule has 0 unspecified atom stereocenters. The third-order valence-electron chi connectivity index (χ3n) is 1.52. The summed E-state index contributed by atoms with van der Waals surface area (Å²) in [5.41, 5.74) is 0.818. The van der Waals surface area contributed by atoms with Gasteiger partial charge in [-0.2, -0.15) is 0 Å². The zero-order valence-electron chi connectivity index (χ0n) is 7.95. The summed E-state index contributed by atoms with van der Waals surface area (Å²) < 4.78 is 5.52. The molecule has 0 atom stereocenters. The van der Waals surface area contributed by atoms with E-state index in [2.05, 4.69) is 5.32 Å². The molecule has 72 valence electrons. The second-order valence-electron chi connectivity index (χ2n) is 3.00. The molecule has 0 radical (unpaired) electrons. The molecule has 0 aromatic heterocycles. The Morgan fingerprint density at radius 1 is 1.38 bits per heavy atom. The van der Waals surface area contributed by atoms with Crippen LogP contribution in [0.25, 0.3) is 0 Å². The molecule has 0 aliphatic rings. The minimum absolute atomic E-state index is 0.0849. The molecule has 0 saturated carbocycles. The van der Waals surface area contributed by atoms with Crippen molar-refractivity contribution in [2.45, 2.75) is 20.0 Å². The average molecular weight is 181 g/mol. The highest BCUT2D eigenvalue weighted by molar-refractivity contribution is 5.55. The molecular formula is C10H15NO2. The van der Waals surface area contributed by atoms with E-state index < -0.39 is 0 Å². The van der Waals surface area contributed by atoms with E-state index in [0.717, 1.165) is 11.4 Å². The van der Waals surface area contributed by atoms with Crippen LogP contribution >= 0.6 is 0 Å². The van der Waals surface area contributed by atoms with Gasteiger partial charge in [-0.3, -0.25) is 0 Å². The topological polar surface area (TPSA) is 41.5 Å². The SMILES string of the molecule is CC(C)Oc1ccccc1NCO. The predicted molar refractivity (Wildman–Crippen MR) is 52.9 cm³/mol. The number of nitrogens with one attached hydrogen (secondary N) is 1. The minimum Gasteiger partial charge on any atom is -0.489 e. The molecule has 2 N–H and O–H groups in total. The molecule has 3 heteroatoms. The number of ether oxygens (including phenoxy) is 1. The van der Waals surface area contributed by atoms with Crippen LogP contribution in [0, 0.1) is 0 Å². The molecule has 0 fully saturated rings. The number of aliphatic hydroxyl groups excluding tert-OH is 1. The van der Waals surface area contributed by atoms with Crippen LogP contribution in [0.4, 0.5) is 5.69 Å². The summed E-state index contributed by atoms with van der Waals surface area (Å²) in [7, 11) is 0. The van der Waals surface area contributed by atoms with Crippen LogP contribution < -0.4 is 10.1 Å². The summed E-state index contributed by atoms with van der Waals surface area (Å²) in [6, 6.07) is 7.54. The lowest BCUT2D eigenvalue weighted by atomic mass is 10.3. The Balaban J connectivity index is 2.78. The van der Waals surface area contributed by atoms with E-state index in [-0.39, 0.29) is 12.8 Å². The third-order valence-corrected chi connectivity index (χ3v) is 1.52. The maximum atomic E-state index is 8.71. The number of anilines is 1. The van der Waals surface area contributed by atoms with Gasteiger partial charge in [0, 0.05) is 0 Å². The van der Waals surface area contributed by atoms with Crippen LogP contribution in [0.15, 0.2) is 24.3 Å². The first kappa shape index (κ1) is 9.86. The highest BCUT2D eigenvalue weighted by Crippen LogP contribution is 2.24. The molecule has 0 amide bonds. The van der Waals surface area contributed by atoms with Gasteiger partial charge in [-0.25, -0.2) is 0 Å². The van der Waals surface area contributed by atoms with Crippen LogP contribution in [0.5, 0.6) is 5.75 Å². The van der Waals surface area contributed by atoms with Gasteiger partial charge in [-0.05, 0) is 26.0 Å². The second-order valence-corrected chi connectivity index (χ2v) is 3.00. The maximum Gasteiger partial charge on any atom is 0.142 e. The van der Waals surface area contributed by atoms with Crippen molar-refractivity contribution in [2.75, 3.05) is 12.0 Å². The van der Waals surface area contributed by atoms with Crippen molar-refractivity contribution in [1.29, 1.82) is 0 Å². The second kappa shape index (κ2) is 4.72. The van der Waals surface area contributed by atoms with Gasteiger partial charge in [0.05, 0.1) is 11.8 Å². The van der Waals surface area contributed by atoms with E-state index in [1.54, 1.807) is 0 Å². The first-order valence-corrected chi connectivity index (χ1v) is 4.34. The molecule has 0 heterocycles. The Bertz CT molecular complexity index is 261. The van der Waals surface area contributed by atoms with E-state index >= 15 is 0 Å². The van der Waals surface area contributed by atoms with Crippen molar-refractivity contribution in [3.63, 3.8) is 0 Å². The highest BCUT2D eigenvalue weighted by atomic mass is 16.5. The number of rotatable bonds is 4. The molecule has 1 aromatic rings. The van der Waals surface area contributed by atoms with Crippen LogP contribution in [-0.2, 0) is 0 Å². The largest absolute Gasteiger partial charge is 0.489 e. The zero-order chi connectivity index (χ0) is 9.68. The molecule has 0 spiro atoms. The Morgan fingerprint density at radius 3 is 2.69 bits per heavy atom. The summed E-state index contributed by atoms with van der Waals surface area (Å²) >= 11 is 0. The van der Waals surface area contributed by atoms with Gasteiger partial charge in [0.25, 0.3) is 0 Å². The Labute approximate surface area is 78.3 Å². The lowest BCUT2D eigenvalue weighted by Gasteiger charge is -2.14. The Hall–Kier alpha value is -1.22. The van der Waals surface area contributed by atoms with Crippen molar-refractivity contribution >= 4 is 5.69 Å². The van der Waals surface area contributed by atoms with Crippen molar-refractivity contribution in [1.82, 2.24) is 0 Å². The first-order valence-electron chi connectivity index (χ1n) is 4.34. The van der Waals surface area contributed by atoms with Gasteiger partial charge < -0.3 is 15.2 Å². The molecule has 0 saturated heterocycles. The normalized spacial score (nSPS) is 10.2. The Morgan fingerprint density at radius 2 is 2.08 bits per heavy atom. The Kier molecular flexibility index (Phi) is 3.58. The first-order chi connectivity index (χ1) is 6.24. The van der Waals surface area contributed by atoms with Crippen molar-refractivity contribution in [3.05, 3.63) is 24.3 Å². The van der Waals surface area contributed by atoms with Crippen LogP contribution in [0.1, 0.15) is 13.8 Å². The van der Waals surface area contributed by atoms with Crippen molar-refractivity contribution in [2.24, 2.45) is 0 Å². The molecule has 1 aromatic carbocycles. The summed E-state index contributed by atoms with van der Waals surface area (Å²) in [4.78, 5) is 0. The third kappa shape index (κ3) is 2.95. The fourth-order valence-electron chi connectivity index (χ4n) is 1.05. The molecule has 0 bridgehead atoms. The number of hydrogen-bond acceptors (Lipinski definition) is 3. The molecule has 1 rings (SSSR count).